The summed E-state index contributed by atoms with van der Waals surface area (Å²) in [4.78, 5) is 23.7. The average molecular weight is 279 g/mol. The van der Waals surface area contributed by atoms with Gasteiger partial charge in [-0.1, -0.05) is 0 Å². The molecule has 0 radical (unpaired) electrons. The van der Waals surface area contributed by atoms with Crippen molar-refractivity contribution in [1.29, 1.82) is 0 Å². The Balaban J connectivity index is 1.93. The summed E-state index contributed by atoms with van der Waals surface area (Å²) in [5.41, 5.74) is -0.0258. The second kappa shape index (κ2) is 6.85. The van der Waals surface area contributed by atoms with E-state index >= 15 is 0 Å². The van der Waals surface area contributed by atoms with Gasteiger partial charge in [0.15, 0.2) is 0 Å². The molecule has 1 aromatic carbocycles. The highest BCUT2D eigenvalue weighted by atomic mass is 16.6. The van der Waals surface area contributed by atoms with Gasteiger partial charge in [-0.3, -0.25) is 10.1 Å². The van der Waals surface area contributed by atoms with Gasteiger partial charge < -0.3 is 15.0 Å². The molecular formula is C13H17N3O4. The molecule has 0 aromatic heterocycles. The summed E-state index contributed by atoms with van der Waals surface area (Å²) in [7, 11) is 0. The van der Waals surface area contributed by atoms with Crippen LogP contribution in [0.3, 0.4) is 0 Å². The Morgan fingerprint density at radius 2 is 1.80 bits per heavy atom. The predicted octanol–water partition coefficient (Wildman–Crippen LogP) is 1.78. The zero-order valence-corrected chi connectivity index (χ0v) is 11.1. The van der Waals surface area contributed by atoms with E-state index < -0.39 is 11.0 Å². The summed E-state index contributed by atoms with van der Waals surface area (Å²) in [6, 6.07) is 5.50. The normalized spacial score (nSPS) is 16.1. The molecule has 7 nitrogen and oxygen atoms in total. The Kier molecular flexibility index (Phi) is 4.89. The lowest BCUT2D eigenvalue weighted by Crippen LogP contribution is -2.39. The molecule has 0 saturated carbocycles. The molecular weight excluding hydrogens is 262 g/mol. The van der Waals surface area contributed by atoms with Crippen LogP contribution < -0.4 is 10.1 Å². The average Bonchev–Trinajstić information content (AvgIpc) is 2.38. The van der Waals surface area contributed by atoms with Crippen LogP contribution in [-0.2, 0) is 0 Å². The van der Waals surface area contributed by atoms with Crippen molar-refractivity contribution in [2.24, 2.45) is 0 Å². The van der Waals surface area contributed by atoms with Gasteiger partial charge in [0.05, 0.1) is 4.92 Å². The molecule has 7 heteroatoms. The van der Waals surface area contributed by atoms with Crippen LogP contribution in [0.25, 0.3) is 0 Å². The summed E-state index contributed by atoms with van der Waals surface area (Å²) < 4.78 is 5.23. The van der Waals surface area contributed by atoms with Crippen molar-refractivity contribution in [3.63, 3.8) is 0 Å². The van der Waals surface area contributed by atoms with Crippen molar-refractivity contribution in [3.05, 3.63) is 34.4 Å². The van der Waals surface area contributed by atoms with Crippen LogP contribution in [0.4, 0.5) is 10.5 Å². The summed E-state index contributed by atoms with van der Waals surface area (Å²) in [5.74, 6) is 0.320. The Morgan fingerprint density at radius 1 is 1.20 bits per heavy atom. The fourth-order valence-electron chi connectivity index (χ4n) is 2.01. The first-order valence-corrected chi connectivity index (χ1v) is 6.59. The van der Waals surface area contributed by atoms with Crippen LogP contribution in [0.15, 0.2) is 24.3 Å². The van der Waals surface area contributed by atoms with E-state index in [0.717, 1.165) is 25.9 Å². The number of amides is 1. The molecule has 20 heavy (non-hydrogen) atoms. The third-order valence-electron chi connectivity index (χ3n) is 3.07. The number of ether oxygens (including phenoxy) is 1. The lowest BCUT2D eigenvalue weighted by molar-refractivity contribution is -0.384. The molecule has 1 fully saturated rings. The maximum atomic E-state index is 12.0. The number of nitrogens with zero attached hydrogens (tertiary/aromatic N) is 2. The Bertz CT molecular complexity index is 467. The Morgan fingerprint density at radius 3 is 2.35 bits per heavy atom. The number of carbonyl (C=O) groups is 1. The van der Waals surface area contributed by atoms with E-state index in [4.69, 9.17) is 4.74 Å². The standard InChI is InChI=1S/C13H17N3O4/c17-13(15-9-1-7-14-8-2-10-15)20-12-5-3-11(4-6-12)16(18)19/h3-6,14H,1-2,7-10H2. The SMILES string of the molecule is O=C(Oc1ccc([N+](=O)[O-])cc1)N1CCCNCCC1. The van der Waals surface area contributed by atoms with Gasteiger partial charge in [0.2, 0.25) is 0 Å². The second-order valence-corrected chi connectivity index (χ2v) is 4.56. The number of benzene rings is 1. The quantitative estimate of drug-likeness (QED) is 0.659. The fraction of sp³-hybridized carbons (Fsp3) is 0.462. The van der Waals surface area contributed by atoms with Crippen molar-refractivity contribution in [2.75, 3.05) is 26.2 Å². The number of nitrogens with one attached hydrogen (secondary N) is 1. The molecule has 1 amide bonds. The zero-order chi connectivity index (χ0) is 14.4. The zero-order valence-electron chi connectivity index (χ0n) is 11.1. The second-order valence-electron chi connectivity index (χ2n) is 4.56. The van der Waals surface area contributed by atoms with Gasteiger partial charge in [-0.05, 0) is 38.1 Å². The van der Waals surface area contributed by atoms with E-state index in [2.05, 4.69) is 5.32 Å². The van der Waals surface area contributed by atoms with E-state index in [9.17, 15) is 14.9 Å². The number of rotatable bonds is 2. The largest absolute Gasteiger partial charge is 0.415 e. The van der Waals surface area contributed by atoms with Gasteiger partial charge in [0.25, 0.3) is 5.69 Å². The molecule has 0 unspecified atom stereocenters. The molecule has 1 heterocycles. The Hall–Kier alpha value is -2.15. The van der Waals surface area contributed by atoms with Crippen LogP contribution in [0, 0.1) is 10.1 Å². The van der Waals surface area contributed by atoms with E-state index in [0.29, 0.717) is 18.8 Å². The monoisotopic (exact) mass is 279 g/mol. The minimum atomic E-state index is -0.489. The molecule has 1 aliphatic rings. The lowest BCUT2D eigenvalue weighted by atomic mass is 10.3. The minimum absolute atomic E-state index is 0.0258. The smallest absolute Gasteiger partial charge is 0.410 e. The number of nitro groups is 1. The first-order valence-electron chi connectivity index (χ1n) is 6.59. The van der Waals surface area contributed by atoms with Crippen LogP contribution in [-0.4, -0.2) is 42.1 Å². The highest BCUT2D eigenvalue weighted by Crippen LogP contribution is 2.18. The van der Waals surface area contributed by atoms with E-state index in [-0.39, 0.29) is 5.69 Å². The van der Waals surface area contributed by atoms with Gasteiger partial charge in [-0.2, -0.15) is 0 Å². The van der Waals surface area contributed by atoms with Crippen molar-refractivity contribution < 1.29 is 14.5 Å². The van der Waals surface area contributed by atoms with Gasteiger partial charge in [-0.25, -0.2) is 4.79 Å². The molecule has 1 saturated heterocycles. The highest BCUT2D eigenvalue weighted by Gasteiger charge is 2.17. The van der Waals surface area contributed by atoms with Crippen molar-refractivity contribution >= 4 is 11.8 Å². The minimum Gasteiger partial charge on any atom is -0.410 e. The molecule has 0 aliphatic carbocycles. The molecule has 1 N–H and O–H groups in total. The molecule has 1 aliphatic heterocycles. The lowest BCUT2D eigenvalue weighted by Gasteiger charge is -2.24. The Labute approximate surface area is 116 Å². The van der Waals surface area contributed by atoms with Crippen molar-refractivity contribution in [3.8, 4) is 5.75 Å². The number of hydrogen-bond acceptors (Lipinski definition) is 5. The number of carbonyl (C=O) groups excluding carboxylic acids is 1. The molecule has 0 spiro atoms. The molecule has 0 bridgehead atoms. The first-order chi connectivity index (χ1) is 9.66. The molecule has 108 valence electrons. The first kappa shape index (κ1) is 14.3. The summed E-state index contributed by atoms with van der Waals surface area (Å²) in [6.07, 6.45) is 1.37. The topological polar surface area (TPSA) is 84.7 Å². The number of non-ortho nitro benzene ring substituents is 1. The molecule has 2 rings (SSSR count). The van der Waals surface area contributed by atoms with Crippen LogP contribution in [0.1, 0.15) is 12.8 Å². The van der Waals surface area contributed by atoms with E-state index in [1.807, 2.05) is 0 Å². The van der Waals surface area contributed by atoms with Crippen LogP contribution in [0.2, 0.25) is 0 Å². The highest BCUT2D eigenvalue weighted by molar-refractivity contribution is 5.70. The third kappa shape index (κ3) is 3.92. The van der Waals surface area contributed by atoms with E-state index in [1.165, 1.54) is 24.3 Å². The van der Waals surface area contributed by atoms with Crippen LogP contribution >= 0.6 is 0 Å². The number of hydrogen-bond donors (Lipinski definition) is 1. The maximum Gasteiger partial charge on any atom is 0.415 e. The van der Waals surface area contributed by atoms with Crippen molar-refractivity contribution in [1.82, 2.24) is 10.2 Å². The third-order valence-corrected chi connectivity index (χ3v) is 3.07. The molecule has 0 atom stereocenters. The van der Waals surface area contributed by atoms with Gasteiger partial charge in [-0.15, -0.1) is 0 Å². The predicted molar refractivity (Wildman–Crippen MR) is 72.8 cm³/mol. The maximum absolute atomic E-state index is 12.0. The van der Waals surface area contributed by atoms with Gasteiger partial charge in [0, 0.05) is 25.2 Å². The van der Waals surface area contributed by atoms with Crippen LogP contribution in [0.5, 0.6) is 5.75 Å². The van der Waals surface area contributed by atoms with Gasteiger partial charge >= 0.3 is 6.09 Å². The number of nitro benzene ring substituents is 1. The molecule has 1 aromatic rings. The van der Waals surface area contributed by atoms with Crippen molar-refractivity contribution in [2.45, 2.75) is 12.8 Å². The summed E-state index contributed by atoms with van der Waals surface area (Å²) in [5, 5.41) is 13.8. The fourth-order valence-corrected chi connectivity index (χ4v) is 2.01. The van der Waals surface area contributed by atoms with E-state index in [1.54, 1.807) is 4.90 Å². The summed E-state index contributed by atoms with van der Waals surface area (Å²) >= 11 is 0. The summed E-state index contributed by atoms with van der Waals surface area (Å²) in [6.45, 7) is 3.08. The van der Waals surface area contributed by atoms with Gasteiger partial charge in [0.1, 0.15) is 5.75 Å².